The summed E-state index contributed by atoms with van der Waals surface area (Å²) in [5, 5.41) is 35.7. The highest BCUT2D eigenvalue weighted by Crippen LogP contribution is 2.47. The van der Waals surface area contributed by atoms with Crippen molar-refractivity contribution in [1.29, 1.82) is 10.5 Å². The van der Waals surface area contributed by atoms with Crippen LogP contribution in [-0.2, 0) is 0 Å². The Hall–Kier alpha value is -5.21. The first-order valence-electron chi connectivity index (χ1n) is 10.5. The van der Waals surface area contributed by atoms with Crippen molar-refractivity contribution in [2.45, 2.75) is 15.8 Å². The van der Waals surface area contributed by atoms with Crippen LogP contribution in [0.15, 0.2) is 51.2 Å². The molecule has 1 aromatic heterocycles. The summed E-state index contributed by atoms with van der Waals surface area (Å²) in [7, 11) is 3.06. The number of nitriles is 2. The van der Waals surface area contributed by atoms with Gasteiger partial charge in [-0.25, -0.2) is 9.98 Å². The van der Waals surface area contributed by atoms with Gasteiger partial charge in [-0.2, -0.15) is 10.5 Å². The second-order valence-corrected chi connectivity index (χ2v) is 8.58. The van der Waals surface area contributed by atoms with Gasteiger partial charge >= 0.3 is 0 Å². The van der Waals surface area contributed by atoms with Crippen LogP contribution in [-0.4, -0.2) is 30.1 Å². The zero-order valence-electron chi connectivity index (χ0n) is 19.5. The average molecular weight is 518 g/mol. The summed E-state index contributed by atoms with van der Waals surface area (Å²) in [4.78, 5) is 21.2. The molecule has 186 valence electrons. The number of ether oxygens (including phenoxy) is 2. The quantitative estimate of drug-likeness (QED) is 0.161. The number of hydrogen-bond acceptors (Lipinski definition) is 13. The van der Waals surface area contributed by atoms with Gasteiger partial charge in [-0.05, 0) is 24.3 Å². The number of nitro benzene ring substituents is 1. The standard InChI is InChI=1S/C23H19N9O4S/c1-35-12-4-5-15(36-2)17(8-12)37-16-6-3-11(32(33)34)7-13(16)20-18-19(26)14(9-24)21(27)30-22(18)31-23(29-20)28-10-25/h3-8,20H,1-2H3,(H6,26,27,28,29,30,31). The van der Waals surface area contributed by atoms with Crippen molar-refractivity contribution in [3.05, 3.63) is 63.2 Å². The molecule has 0 saturated heterocycles. The number of fused-ring (bicyclic) bond motifs is 1. The number of rotatable bonds is 6. The molecule has 1 aliphatic rings. The van der Waals surface area contributed by atoms with Crippen LogP contribution < -0.4 is 31.6 Å². The highest BCUT2D eigenvalue weighted by molar-refractivity contribution is 7.99. The summed E-state index contributed by atoms with van der Waals surface area (Å²) in [5.74, 6) is 1.21. The highest BCUT2D eigenvalue weighted by Gasteiger charge is 2.32. The van der Waals surface area contributed by atoms with E-state index < -0.39 is 11.0 Å². The lowest BCUT2D eigenvalue weighted by Crippen LogP contribution is -2.33. The number of aromatic nitrogens is 1. The molecule has 0 spiro atoms. The zero-order valence-corrected chi connectivity index (χ0v) is 20.3. The summed E-state index contributed by atoms with van der Waals surface area (Å²) in [6.45, 7) is 0. The third-order valence-corrected chi connectivity index (χ3v) is 6.58. The number of non-ortho nitro benzene ring substituents is 1. The molecule has 0 saturated carbocycles. The monoisotopic (exact) mass is 517 g/mol. The maximum atomic E-state index is 11.7. The molecule has 0 radical (unpaired) electrons. The van der Waals surface area contributed by atoms with Crippen LogP contribution >= 0.6 is 11.8 Å². The first-order valence-corrected chi connectivity index (χ1v) is 11.3. The summed E-state index contributed by atoms with van der Waals surface area (Å²) in [6.07, 6.45) is 1.77. The van der Waals surface area contributed by atoms with E-state index in [1.807, 2.05) is 6.07 Å². The minimum atomic E-state index is -0.980. The van der Waals surface area contributed by atoms with Gasteiger partial charge in [-0.3, -0.25) is 15.4 Å². The van der Waals surface area contributed by atoms with Crippen molar-refractivity contribution < 1.29 is 14.4 Å². The third kappa shape index (κ3) is 4.69. The largest absolute Gasteiger partial charge is 0.497 e. The van der Waals surface area contributed by atoms with Crippen molar-refractivity contribution in [1.82, 2.24) is 10.3 Å². The summed E-state index contributed by atoms with van der Waals surface area (Å²) < 4.78 is 10.8. The minimum absolute atomic E-state index is 0.0173. The molecule has 2 aromatic carbocycles. The highest BCUT2D eigenvalue weighted by atomic mass is 32.2. The predicted octanol–water partition coefficient (Wildman–Crippen LogP) is 3.14. The average Bonchev–Trinajstić information content (AvgIpc) is 2.88. The van der Waals surface area contributed by atoms with Gasteiger partial charge in [-0.15, -0.1) is 0 Å². The van der Waals surface area contributed by atoms with Crippen molar-refractivity contribution in [2.24, 2.45) is 4.99 Å². The summed E-state index contributed by atoms with van der Waals surface area (Å²) in [6, 6.07) is 10.5. The van der Waals surface area contributed by atoms with Crippen LogP contribution in [0.3, 0.4) is 0 Å². The number of nitrogens with one attached hydrogen (secondary N) is 2. The fourth-order valence-electron chi connectivity index (χ4n) is 3.74. The van der Waals surface area contributed by atoms with Gasteiger partial charge < -0.3 is 26.3 Å². The lowest BCUT2D eigenvalue weighted by Gasteiger charge is -2.27. The Morgan fingerprint density at radius 1 is 1.16 bits per heavy atom. The molecule has 0 fully saturated rings. The van der Waals surface area contributed by atoms with Crippen molar-refractivity contribution in [3.8, 4) is 23.8 Å². The van der Waals surface area contributed by atoms with Crippen LogP contribution in [0.4, 0.5) is 23.0 Å². The molecule has 14 heteroatoms. The Bertz CT molecular complexity index is 1530. The van der Waals surface area contributed by atoms with E-state index in [-0.39, 0.29) is 40.1 Å². The minimum Gasteiger partial charge on any atom is -0.497 e. The number of aliphatic imine (C=N–C) groups is 1. The van der Waals surface area contributed by atoms with Gasteiger partial charge in [0, 0.05) is 28.2 Å². The van der Waals surface area contributed by atoms with E-state index in [9.17, 15) is 20.6 Å². The molecule has 2 heterocycles. The van der Waals surface area contributed by atoms with Crippen LogP contribution in [0.2, 0.25) is 0 Å². The molecular formula is C23H19N9O4S. The van der Waals surface area contributed by atoms with Gasteiger partial charge in [0.2, 0.25) is 5.96 Å². The van der Waals surface area contributed by atoms with Crippen LogP contribution in [0.5, 0.6) is 11.5 Å². The van der Waals surface area contributed by atoms with E-state index in [4.69, 9.17) is 20.9 Å². The number of hydrogen-bond donors (Lipinski definition) is 4. The molecule has 1 unspecified atom stereocenters. The van der Waals surface area contributed by atoms with Crippen molar-refractivity contribution in [3.63, 3.8) is 0 Å². The zero-order chi connectivity index (χ0) is 26.7. The molecule has 6 N–H and O–H groups in total. The van der Waals surface area contributed by atoms with E-state index in [2.05, 4.69) is 20.6 Å². The maximum absolute atomic E-state index is 11.7. The fourth-order valence-corrected chi connectivity index (χ4v) is 4.83. The van der Waals surface area contributed by atoms with Gasteiger partial charge in [-0.1, -0.05) is 11.8 Å². The Morgan fingerprint density at radius 2 is 1.95 bits per heavy atom. The second-order valence-electron chi connectivity index (χ2n) is 7.50. The maximum Gasteiger partial charge on any atom is 0.269 e. The number of pyridine rings is 1. The Kier molecular flexibility index (Phi) is 6.86. The van der Waals surface area contributed by atoms with Gasteiger partial charge in [0.1, 0.15) is 40.8 Å². The third-order valence-electron chi connectivity index (χ3n) is 5.45. The fraction of sp³-hybridized carbons (Fsp3) is 0.130. The summed E-state index contributed by atoms with van der Waals surface area (Å²) in [5.41, 5.74) is 12.7. The smallest absolute Gasteiger partial charge is 0.269 e. The SMILES string of the molecule is COc1ccc(OC)c(Sc2ccc([N+](=O)[O-])cc2C2N=C(NC#N)Nc3nc(N)c(C#N)c(N)c32)c1. The lowest BCUT2D eigenvalue weighted by molar-refractivity contribution is -0.385. The Labute approximate surface area is 214 Å². The number of nitrogen functional groups attached to an aromatic ring is 2. The Morgan fingerprint density at radius 3 is 2.59 bits per heavy atom. The van der Waals surface area contributed by atoms with E-state index >= 15 is 0 Å². The molecule has 1 atom stereocenters. The van der Waals surface area contributed by atoms with E-state index in [0.717, 1.165) is 0 Å². The molecule has 3 aromatic rings. The number of nitrogens with zero attached hydrogens (tertiary/aromatic N) is 5. The van der Waals surface area contributed by atoms with Crippen molar-refractivity contribution >= 4 is 40.7 Å². The van der Waals surface area contributed by atoms with Crippen LogP contribution in [0.25, 0.3) is 0 Å². The van der Waals surface area contributed by atoms with E-state index in [1.165, 1.54) is 38.1 Å². The molecule has 37 heavy (non-hydrogen) atoms. The van der Waals surface area contributed by atoms with Gasteiger partial charge in [0.05, 0.1) is 29.7 Å². The molecule has 1 aliphatic heterocycles. The molecular weight excluding hydrogens is 498 g/mol. The molecule has 4 rings (SSSR count). The molecule has 13 nitrogen and oxygen atoms in total. The normalized spacial score (nSPS) is 13.7. The first kappa shape index (κ1) is 24.9. The number of nitrogens with two attached hydrogens (primary N) is 2. The Balaban J connectivity index is 1.97. The summed E-state index contributed by atoms with van der Waals surface area (Å²) >= 11 is 1.26. The number of methoxy groups -OCH3 is 2. The molecule has 0 amide bonds. The molecule has 0 bridgehead atoms. The van der Waals surface area contributed by atoms with E-state index in [0.29, 0.717) is 26.9 Å². The predicted molar refractivity (Wildman–Crippen MR) is 136 cm³/mol. The second kappa shape index (κ2) is 10.2. The van der Waals surface area contributed by atoms with Gasteiger partial charge in [0.15, 0.2) is 6.19 Å². The first-order chi connectivity index (χ1) is 17.8. The number of nitro groups is 1. The lowest BCUT2D eigenvalue weighted by atomic mass is 9.94. The van der Waals surface area contributed by atoms with E-state index in [1.54, 1.807) is 30.5 Å². The topological polar surface area (TPSA) is 211 Å². The van der Waals surface area contributed by atoms with Crippen LogP contribution in [0.1, 0.15) is 22.7 Å². The number of guanidine groups is 1. The van der Waals surface area contributed by atoms with Crippen LogP contribution in [0, 0.1) is 32.9 Å². The van der Waals surface area contributed by atoms with Crippen molar-refractivity contribution in [2.75, 3.05) is 31.0 Å². The number of benzene rings is 2. The molecule has 0 aliphatic carbocycles. The van der Waals surface area contributed by atoms with Gasteiger partial charge in [0.25, 0.3) is 5.69 Å². The number of anilines is 3.